The zero-order valence-corrected chi connectivity index (χ0v) is 17.2. The Hall–Kier alpha value is -2.54. The quantitative estimate of drug-likeness (QED) is 0.857. The summed E-state index contributed by atoms with van der Waals surface area (Å²) in [6, 6.07) is 5.40. The summed E-state index contributed by atoms with van der Waals surface area (Å²) >= 11 is 0. The second-order valence-corrected chi connectivity index (χ2v) is 7.63. The highest BCUT2D eigenvalue weighted by Gasteiger charge is 2.27. The summed E-state index contributed by atoms with van der Waals surface area (Å²) in [5.74, 6) is 0.662. The largest absolute Gasteiger partial charge is 0.355 e. The van der Waals surface area contributed by atoms with Gasteiger partial charge in [-0.2, -0.15) is 0 Å². The summed E-state index contributed by atoms with van der Waals surface area (Å²) < 4.78 is 14.0. The number of hydrogen-bond donors (Lipinski definition) is 1. The van der Waals surface area contributed by atoms with E-state index in [1.807, 2.05) is 26.8 Å². The normalized spacial score (nSPS) is 16.5. The Kier molecular flexibility index (Phi) is 5.93. The van der Waals surface area contributed by atoms with Crippen LogP contribution in [0.3, 0.4) is 0 Å². The van der Waals surface area contributed by atoms with Crippen molar-refractivity contribution in [3.05, 3.63) is 52.2 Å². The van der Waals surface area contributed by atoms with Gasteiger partial charge in [-0.1, -0.05) is 12.1 Å². The lowest BCUT2D eigenvalue weighted by atomic mass is 10.1. The highest BCUT2D eigenvalue weighted by molar-refractivity contribution is 5.90. The molecule has 0 aliphatic carbocycles. The van der Waals surface area contributed by atoms with Crippen molar-refractivity contribution in [1.82, 2.24) is 20.2 Å². The topological polar surface area (TPSA) is 61.4 Å². The summed E-state index contributed by atoms with van der Waals surface area (Å²) in [6.45, 7) is 7.92. The molecule has 1 saturated heterocycles. The molecule has 2 aromatic rings. The lowest BCUT2D eigenvalue weighted by molar-refractivity contribution is 0.0815. The number of rotatable bonds is 5. The zero-order valence-electron chi connectivity index (χ0n) is 17.2. The van der Waals surface area contributed by atoms with E-state index in [0.29, 0.717) is 12.1 Å². The molecular weight excluding hydrogens is 357 g/mol. The van der Waals surface area contributed by atoms with Crippen molar-refractivity contribution >= 4 is 11.7 Å². The number of aryl methyl sites for hydroxylation is 2. The molecule has 1 aliphatic rings. The van der Waals surface area contributed by atoms with Gasteiger partial charge in [-0.3, -0.25) is 4.79 Å². The van der Waals surface area contributed by atoms with E-state index in [0.717, 1.165) is 42.1 Å². The van der Waals surface area contributed by atoms with Crippen LogP contribution in [0.2, 0.25) is 0 Å². The van der Waals surface area contributed by atoms with Gasteiger partial charge < -0.3 is 15.1 Å². The predicted molar refractivity (Wildman–Crippen MR) is 108 cm³/mol. The fourth-order valence-corrected chi connectivity index (χ4v) is 3.47. The Morgan fingerprint density at radius 3 is 2.71 bits per heavy atom. The van der Waals surface area contributed by atoms with Crippen LogP contribution >= 0.6 is 0 Å². The first kappa shape index (κ1) is 20.2. The molecule has 0 spiro atoms. The van der Waals surface area contributed by atoms with Gasteiger partial charge in [-0.25, -0.2) is 14.4 Å². The number of aromatic nitrogens is 2. The number of nitrogens with one attached hydrogen (secondary N) is 1. The van der Waals surface area contributed by atoms with Crippen LogP contribution in [-0.4, -0.2) is 54.0 Å². The van der Waals surface area contributed by atoms with Gasteiger partial charge in [-0.15, -0.1) is 0 Å². The van der Waals surface area contributed by atoms with Crippen LogP contribution in [0, 0.1) is 26.6 Å². The molecule has 1 atom stereocenters. The first-order chi connectivity index (χ1) is 13.3. The fourth-order valence-electron chi connectivity index (χ4n) is 3.47. The maximum Gasteiger partial charge on any atom is 0.291 e. The molecule has 1 aromatic heterocycles. The molecule has 28 heavy (non-hydrogen) atoms. The summed E-state index contributed by atoms with van der Waals surface area (Å²) in [6.07, 6.45) is 0.937. The summed E-state index contributed by atoms with van der Waals surface area (Å²) in [7, 11) is 3.39. The van der Waals surface area contributed by atoms with E-state index in [1.54, 1.807) is 20.2 Å². The number of anilines is 1. The molecule has 1 amide bonds. The molecule has 2 heterocycles. The molecule has 1 aliphatic heterocycles. The minimum atomic E-state index is -0.201. The monoisotopic (exact) mass is 385 g/mol. The van der Waals surface area contributed by atoms with Crippen LogP contribution in [0.25, 0.3) is 0 Å². The SMILES string of the molecule is Cc1cccc(F)c1CN[C@@H]1CCN(c2nc(C(=O)N(C)C)nc(C)c2C)C1. The van der Waals surface area contributed by atoms with Crippen molar-refractivity contribution in [3.8, 4) is 0 Å². The summed E-state index contributed by atoms with van der Waals surface area (Å²) in [5.41, 5.74) is 3.47. The second-order valence-electron chi connectivity index (χ2n) is 7.63. The van der Waals surface area contributed by atoms with Crippen LogP contribution in [0.4, 0.5) is 10.2 Å². The summed E-state index contributed by atoms with van der Waals surface area (Å²) in [5, 5.41) is 3.47. The lowest BCUT2D eigenvalue weighted by Gasteiger charge is -2.22. The zero-order chi connectivity index (χ0) is 20.4. The number of halogens is 1. The highest BCUT2D eigenvalue weighted by atomic mass is 19.1. The Labute approximate surface area is 165 Å². The molecule has 150 valence electrons. The van der Waals surface area contributed by atoms with E-state index in [4.69, 9.17) is 0 Å². The van der Waals surface area contributed by atoms with E-state index >= 15 is 0 Å². The second kappa shape index (κ2) is 8.22. The molecule has 7 heteroatoms. The average Bonchev–Trinajstić information content (AvgIpc) is 3.11. The maximum absolute atomic E-state index is 14.0. The van der Waals surface area contributed by atoms with E-state index in [9.17, 15) is 9.18 Å². The highest BCUT2D eigenvalue weighted by Crippen LogP contribution is 2.24. The van der Waals surface area contributed by atoms with Crippen LogP contribution in [0.15, 0.2) is 18.2 Å². The van der Waals surface area contributed by atoms with Crippen LogP contribution < -0.4 is 10.2 Å². The van der Waals surface area contributed by atoms with Crippen molar-refractivity contribution < 1.29 is 9.18 Å². The number of carbonyl (C=O) groups excluding carboxylic acids is 1. The van der Waals surface area contributed by atoms with Gasteiger partial charge in [0.05, 0.1) is 0 Å². The first-order valence-corrected chi connectivity index (χ1v) is 9.57. The molecule has 0 saturated carbocycles. The van der Waals surface area contributed by atoms with Crippen molar-refractivity contribution in [2.24, 2.45) is 0 Å². The third-order valence-corrected chi connectivity index (χ3v) is 5.37. The van der Waals surface area contributed by atoms with Gasteiger partial charge >= 0.3 is 0 Å². The van der Waals surface area contributed by atoms with E-state index < -0.39 is 0 Å². The Balaban J connectivity index is 1.72. The van der Waals surface area contributed by atoms with Crippen molar-refractivity contribution in [2.75, 3.05) is 32.1 Å². The van der Waals surface area contributed by atoms with Crippen molar-refractivity contribution in [3.63, 3.8) is 0 Å². The van der Waals surface area contributed by atoms with Gasteiger partial charge in [0, 0.05) is 56.6 Å². The van der Waals surface area contributed by atoms with E-state index in [1.165, 1.54) is 11.0 Å². The van der Waals surface area contributed by atoms with E-state index in [2.05, 4.69) is 20.2 Å². The lowest BCUT2D eigenvalue weighted by Crippen LogP contribution is -2.33. The summed E-state index contributed by atoms with van der Waals surface area (Å²) in [4.78, 5) is 24.9. The third kappa shape index (κ3) is 4.14. The number of hydrogen-bond acceptors (Lipinski definition) is 5. The molecular formula is C21H28FN5O. The third-order valence-electron chi connectivity index (χ3n) is 5.37. The first-order valence-electron chi connectivity index (χ1n) is 9.57. The number of benzene rings is 1. The van der Waals surface area contributed by atoms with Crippen LogP contribution in [0.1, 0.15) is 39.4 Å². The predicted octanol–water partition coefficient (Wildman–Crippen LogP) is 2.61. The van der Waals surface area contributed by atoms with E-state index in [-0.39, 0.29) is 23.6 Å². The van der Waals surface area contributed by atoms with Gasteiger partial charge in [0.25, 0.3) is 5.91 Å². The number of amides is 1. The van der Waals surface area contributed by atoms with Gasteiger partial charge in [0.1, 0.15) is 11.6 Å². The number of nitrogens with zero attached hydrogens (tertiary/aromatic N) is 4. The fraction of sp³-hybridized carbons (Fsp3) is 0.476. The molecule has 1 N–H and O–H groups in total. The van der Waals surface area contributed by atoms with Crippen molar-refractivity contribution in [2.45, 2.75) is 39.8 Å². The van der Waals surface area contributed by atoms with Crippen LogP contribution in [-0.2, 0) is 6.54 Å². The Morgan fingerprint density at radius 1 is 1.29 bits per heavy atom. The van der Waals surface area contributed by atoms with Crippen molar-refractivity contribution in [1.29, 1.82) is 0 Å². The minimum Gasteiger partial charge on any atom is -0.355 e. The standard InChI is InChI=1S/C21H28FN5O/c1-13-7-6-8-18(22)17(13)11-23-16-9-10-27(12-16)20-14(2)15(3)24-19(25-20)21(28)26(4)5/h6-8,16,23H,9-12H2,1-5H3/t16-/m1/s1. The average molecular weight is 385 g/mol. The molecule has 6 nitrogen and oxygen atoms in total. The Bertz CT molecular complexity index is 863. The van der Waals surface area contributed by atoms with Gasteiger partial charge in [0.2, 0.25) is 5.82 Å². The number of carbonyl (C=O) groups is 1. The minimum absolute atomic E-state index is 0.170. The maximum atomic E-state index is 14.0. The molecule has 1 aromatic carbocycles. The smallest absolute Gasteiger partial charge is 0.291 e. The van der Waals surface area contributed by atoms with Crippen LogP contribution in [0.5, 0.6) is 0 Å². The van der Waals surface area contributed by atoms with Gasteiger partial charge in [0.15, 0.2) is 0 Å². The molecule has 1 fully saturated rings. The molecule has 0 unspecified atom stereocenters. The van der Waals surface area contributed by atoms with Gasteiger partial charge in [-0.05, 0) is 38.8 Å². The Morgan fingerprint density at radius 2 is 2.04 bits per heavy atom. The molecule has 3 rings (SSSR count). The molecule has 0 bridgehead atoms. The molecule has 0 radical (unpaired) electrons.